The van der Waals surface area contributed by atoms with Gasteiger partial charge in [0, 0.05) is 6.42 Å². The highest BCUT2D eigenvalue weighted by atomic mass is 16.4. The molecule has 2 rings (SSSR count). The Morgan fingerprint density at radius 2 is 1.54 bits per heavy atom. The number of hydrogen-bond acceptors (Lipinski definition) is 3. The summed E-state index contributed by atoms with van der Waals surface area (Å²) in [6, 6.07) is 17.5. The number of carboxylic acids is 1. The van der Waals surface area contributed by atoms with Crippen molar-refractivity contribution in [3.63, 3.8) is 0 Å². The maximum atomic E-state index is 12.6. The third-order valence-electron chi connectivity index (χ3n) is 4.33. The summed E-state index contributed by atoms with van der Waals surface area (Å²) in [7, 11) is 0. The molecular weight excluding hydrogens is 326 g/mol. The smallest absolute Gasteiger partial charge is 0.303 e. The number of ketones is 1. The molecule has 0 bridgehead atoms. The van der Waals surface area contributed by atoms with Crippen molar-refractivity contribution < 1.29 is 14.7 Å². The molecule has 2 aromatic carbocycles. The summed E-state index contributed by atoms with van der Waals surface area (Å²) in [6.07, 6.45) is 0.864. The number of hydrogen-bond donors (Lipinski definition) is 2. The van der Waals surface area contributed by atoms with E-state index in [9.17, 15) is 9.59 Å². The molecule has 1 atom stereocenters. The summed E-state index contributed by atoms with van der Waals surface area (Å²) in [4.78, 5) is 23.3. The number of nitrogens with one attached hydrogen (secondary N) is 1. The van der Waals surface area contributed by atoms with E-state index in [1.165, 1.54) is 0 Å². The number of aliphatic carboxylic acids is 1. The van der Waals surface area contributed by atoms with Gasteiger partial charge in [-0.25, -0.2) is 0 Å². The molecule has 0 heterocycles. The van der Waals surface area contributed by atoms with Gasteiger partial charge in [-0.2, -0.15) is 0 Å². The van der Waals surface area contributed by atoms with Crippen LogP contribution in [0.1, 0.15) is 44.7 Å². The van der Waals surface area contributed by atoms with Gasteiger partial charge in [0.05, 0.1) is 12.5 Å². The molecular formula is C22H27NO3. The molecule has 0 saturated heterocycles. The number of rotatable bonds is 10. The fraction of sp³-hybridized carbons (Fsp3) is 0.364. The molecule has 0 aromatic heterocycles. The van der Waals surface area contributed by atoms with Crippen LogP contribution in [0.5, 0.6) is 0 Å². The molecule has 0 spiro atoms. The van der Waals surface area contributed by atoms with E-state index in [0.29, 0.717) is 5.92 Å². The third-order valence-corrected chi connectivity index (χ3v) is 4.33. The molecule has 2 aromatic rings. The Morgan fingerprint density at radius 1 is 0.923 bits per heavy atom. The predicted octanol–water partition coefficient (Wildman–Crippen LogP) is 4.46. The van der Waals surface area contributed by atoms with Gasteiger partial charge in [0.25, 0.3) is 0 Å². The first-order valence-corrected chi connectivity index (χ1v) is 9.10. The Bertz CT molecular complexity index is 708. The molecule has 4 heteroatoms. The number of benzene rings is 2. The molecule has 26 heavy (non-hydrogen) atoms. The molecule has 0 aliphatic rings. The standard InChI is InChI=1S/C22H27NO3/c1-16(2)14-15-23-22(20(24)12-13-21(25)26)19-10-8-18(9-11-19)17-6-4-3-5-7-17/h3-11,16,22-23H,12-15H2,1-2H3,(H,25,26). The van der Waals surface area contributed by atoms with Crippen LogP contribution >= 0.6 is 0 Å². The summed E-state index contributed by atoms with van der Waals surface area (Å²) in [6.45, 7) is 5.00. The van der Waals surface area contributed by atoms with Crippen LogP contribution in [0.4, 0.5) is 0 Å². The summed E-state index contributed by atoms with van der Waals surface area (Å²) < 4.78 is 0. The zero-order valence-corrected chi connectivity index (χ0v) is 15.4. The van der Waals surface area contributed by atoms with Crippen molar-refractivity contribution in [1.29, 1.82) is 0 Å². The zero-order chi connectivity index (χ0) is 18.9. The lowest BCUT2D eigenvalue weighted by atomic mass is 9.96. The summed E-state index contributed by atoms with van der Waals surface area (Å²) in [5, 5.41) is 12.2. The second-order valence-corrected chi connectivity index (χ2v) is 6.92. The molecule has 0 aliphatic carbocycles. The van der Waals surface area contributed by atoms with Crippen LogP contribution in [0.25, 0.3) is 11.1 Å². The van der Waals surface area contributed by atoms with Gasteiger partial charge < -0.3 is 10.4 Å². The molecule has 0 aliphatic heterocycles. The Balaban J connectivity index is 2.14. The van der Waals surface area contributed by atoms with Crippen molar-refractivity contribution in [3.8, 4) is 11.1 Å². The molecule has 0 amide bonds. The molecule has 0 fully saturated rings. The van der Waals surface area contributed by atoms with Crippen LogP contribution in [0.15, 0.2) is 54.6 Å². The largest absolute Gasteiger partial charge is 0.481 e. The van der Waals surface area contributed by atoms with Crippen molar-refractivity contribution in [2.45, 2.75) is 39.2 Å². The van der Waals surface area contributed by atoms with E-state index in [4.69, 9.17) is 5.11 Å². The van der Waals surface area contributed by atoms with Crippen LogP contribution in [-0.2, 0) is 9.59 Å². The van der Waals surface area contributed by atoms with Gasteiger partial charge >= 0.3 is 5.97 Å². The average Bonchev–Trinajstić information content (AvgIpc) is 2.64. The third kappa shape index (κ3) is 6.12. The molecule has 4 nitrogen and oxygen atoms in total. The second kappa shape index (κ2) is 9.88. The topological polar surface area (TPSA) is 66.4 Å². The van der Waals surface area contributed by atoms with Crippen molar-refractivity contribution >= 4 is 11.8 Å². The SMILES string of the molecule is CC(C)CCNC(C(=O)CCC(=O)O)c1ccc(-c2ccccc2)cc1. The van der Waals surface area contributed by atoms with E-state index in [1.807, 2.05) is 54.6 Å². The minimum Gasteiger partial charge on any atom is -0.481 e. The minimum absolute atomic E-state index is 0.0368. The van der Waals surface area contributed by atoms with Gasteiger partial charge in [-0.05, 0) is 35.6 Å². The average molecular weight is 353 g/mol. The highest BCUT2D eigenvalue weighted by Crippen LogP contribution is 2.23. The first-order valence-electron chi connectivity index (χ1n) is 9.10. The van der Waals surface area contributed by atoms with E-state index >= 15 is 0 Å². The van der Waals surface area contributed by atoms with Crippen LogP contribution in [-0.4, -0.2) is 23.4 Å². The van der Waals surface area contributed by atoms with Crippen LogP contribution in [0.2, 0.25) is 0 Å². The Hall–Kier alpha value is -2.46. The first kappa shape index (κ1) is 19.9. The van der Waals surface area contributed by atoms with Gasteiger partial charge in [-0.3, -0.25) is 9.59 Å². The maximum absolute atomic E-state index is 12.6. The van der Waals surface area contributed by atoms with Gasteiger partial charge in [0.2, 0.25) is 0 Å². The van der Waals surface area contributed by atoms with Gasteiger partial charge in [-0.15, -0.1) is 0 Å². The maximum Gasteiger partial charge on any atom is 0.303 e. The van der Waals surface area contributed by atoms with Crippen molar-refractivity contribution in [2.24, 2.45) is 5.92 Å². The van der Waals surface area contributed by atoms with Crippen LogP contribution < -0.4 is 5.32 Å². The molecule has 138 valence electrons. The van der Waals surface area contributed by atoms with E-state index in [1.54, 1.807) is 0 Å². The first-order chi connectivity index (χ1) is 12.5. The van der Waals surface area contributed by atoms with Gasteiger partial charge in [0.1, 0.15) is 0 Å². The number of Topliss-reactive ketones (excluding diaryl/α,β-unsaturated/α-hetero) is 1. The van der Waals surface area contributed by atoms with Crippen molar-refractivity contribution in [2.75, 3.05) is 6.54 Å². The van der Waals surface area contributed by atoms with Crippen LogP contribution in [0, 0.1) is 5.92 Å². The molecule has 1 unspecified atom stereocenters. The predicted molar refractivity (Wildman–Crippen MR) is 104 cm³/mol. The zero-order valence-electron chi connectivity index (χ0n) is 15.4. The fourth-order valence-corrected chi connectivity index (χ4v) is 2.81. The summed E-state index contributed by atoms with van der Waals surface area (Å²) in [5.41, 5.74) is 3.10. The quantitative estimate of drug-likeness (QED) is 0.661. The van der Waals surface area contributed by atoms with E-state index in [0.717, 1.165) is 29.7 Å². The number of carbonyl (C=O) groups is 2. The molecule has 0 saturated carbocycles. The number of carboxylic acid groups (broad SMARTS) is 1. The molecule has 2 N–H and O–H groups in total. The van der Waals surface area contributed by atoms with E-state index in [2.05, 4.69) is 19.2 Å². The summed E-state index contributed by atoms with van der Waals surface area (Å²) in [5.74, 6) is -0.486. The van der Waals surface area contributed by atoms with Crippen molar-refractivity contribution in [1.82, 2.24) is 5.32 Å². The highest BCUT2D eigenvalue weighted by Gasteiger charge is 2.20. The Kier molecular flexibility index (Phi) is 7.54. The normalized spacial score (nSPS) is 12.1. The van der Waals surface area contributed by atoms with Crippen LogP contribution in [0.3, 0.4) is 0 Å². The number of carbonyl (C=O) groups excluding carboxylic acids is 1. The summed E-state index contributed by atoms with van der Waals surface area (Å²) >= 11 is 0. The lowest BCUT2D eigenvalue weighted by Gasteiger charge is -2.19. The lowest BCUT2D eigenvalue weighted by Crippen LogP contribution is -2.30. The monoisotopic (exact) mass is 353 g/mol. The fourth-order valence-electron chi connectivity index (χ4n) is 2.81. The Labute approximate surface area is 155 Å². The molecule has 0 radical (unpaired) electrons. The van der Waals surface area contributed by atoms with E-state index in [-0.39, 0.29) is 18.6 Å². The highest BCUT2D eigenvalue weighted by molar-refractivity contribution is 5.88. The van der Waals surface area contributed by atoms with Gasteiger partial charge in [0.15, 0.2) is 5.78 Å². The second-order valence-electron chi connectivity index (χ2n) is 6.92. The lowest BCUT2D eigenvalue weighted by molar-refractivity contribution is -0.138. The minimum atomic E-state index is -0.946. The van der Waals surface area contributed by atoms with Gasteiger partial charge in [-0.1, -0.05) is 68.4 Å². The Morgan fingerprint density at radius 3 is 2.12 bits per heavy atom. The van der Waals surface area contributed by atoms with Crippen molar-refractivity contribution in [3.05, 3.63) is 60.2 Å². The van der Waals surface area contributed by atoms with E-state index < -0.39 is 12.0 Å².